The maximum Gasteiger partial charge on any atom is 0.196 e. The van der Waals surface area contributed by atoms with Crippen molar-refractivity contribution in [3.63, 3.8) is 0 Å². The second-order valence-corrected chi connectivity index (χ2v) is 5.78. The van der Waals surface area contributed by atoms with E-state index in [1.165, 1.54) is 0 Å². The fourth-order valence-corrected chi connectivity index (χ4v) is 3.09. The molecule has 4 aromatic rings. The maximum atomic E-state index is 4.76. The highest BCUT2D eigenvalue weighted by molar-refractivity contribution is 7.99. The Morgan fingerprint density at radius 3 is 2.36 bits per heavy atom. The Bertz CT molecular complexity index is 904. The minimum absolute atomic E-state index is 0.798. The Morgan fingerprint density at radius 1 is 0.864 bits per heavy atom. The fourth-order valence-electron chi connectivity index (χ4n) is 2.22. The third-order valence-electron chi connectivity index (χ3n) is 3.26. The highest BCUT2D eigenvalue weighted by atomic mass is 32.2. The molecule has 0 saturated carbocycles. The molecule has 0 unspecified atom stereocenters. The van der Waals surface area contributed by atoms with Crippen molar-refractivity contribution in [2.75, 3.05) is 0 Å². The fraction of sp³-hybridized carbons (Fsp3) is 0. The summed E-state index contributed by atoms with van der Waals surface area (Å²) < 4.78 is 1.77. The highest BCUT2D eigenvalue weighted by Crippen LogP contribution is 2.28. The third kappa shape index (κ3) is 2.46. The average Bonchev–Trinajstić information content (AvgIpc) is 3.05. The number of hydrogen-bond acceptors (Lipinski definition) is 4. The smallest absolute Gasteiger partial charge is 0.196 e. The number of benzene rings is 2. The lowest BCUT2D eigenvalue weighted by Crippen LogP contribution is -1.98. The molecule has 4 nitrogen and oxygen atoms in total. The Morgan fingerprint density at radius 2 is 1.59 bits per heavy atom. The normalized spacial score (nSPS) is 10.9. The molecule has 0 aliphatic heterocycles. The van der Waals surface area contributed by atoms with Gasteiger partial charge in [0.05, 0.1) is 5.69 Å². The maximum absolute atomic E-state index is 4.76. The lowest BCUT2D eigenvalue weighted by Gasteiger charge is -2.07. The molecule has 2 heterocycles. The minimum Gasteiger partial charge on any atom is -0.222 e. The van der Waals surface area contributed by atoms with Gasteiger partial charge < -0.3 is 0 Å². The van der Waals surface area contributed by atoms with Crippen LogP contribution in [-0.2, 0) is 0 Å². The first-order valence-corrected chi connectivity index (χ1v) is 7.71. The van der Waals surface area contributed by atoms with Crippen molar-refractivity contribution in [1.82, 2.24) is 19.6 Å². The molecule has 5 heteroatoms. The molecule has 0 radical (unpaired) electrons. The largest absolute Gasteiger partial charge is 0.222 e. The lowest BCUT2D eigenvalue weighted by molar-refractivity contribution is 0.797. The highest BCUT2D eigenvalue weighted by Gasteiger charge is 2.10. The Hall–Kier alpha value is -2.66. The molecule has 0 bridgehead atoms. The number of rotatable bonds is 3. The molecule has 2 aromatic heterocycles. The van der Waals surface area contributed by atoms with Crippen LogP contribution in [0.2, 0.25) is 0 Å². The molecule has 4 rings (SSSR count). The van der Waals surface area contributed by atoms with E-state index in [0.717, 1.165) is 27.0 Å². The quantitative estimate of drug-likeness (QED) is 0.538. The molecular weight excluding hydrogens is 292 g/mol. The second-order valence-electron chi connectivity index (χ2n) is 4.74. The van der Waals surface area contributed by atoms with Crippen molar-refractivity contribution < 1.29 is 0 Å². The summed E-state index contributed by atoms with van der Waals surface area (Å²) in [5.41, 5.74) is 2.77. The third-order valence-corrected chi connectivity index (χ3v) is 4.21. The van der Waals surface area contributed by atoms with Crippen LogP contribution in [0, 0.1) is 0 Å². The number of nitrogens with zero attached hydrogens (tertiary/aromatic N) is 4. The van der Waals surface area contributed by atoms with Gasteiger partial charge in [0, 0.05) is 16.5 Å². The Balaban J connectivity index is 1.84. The summed E-state index contributed by atoms with van der Waals surface area (Å²) in [5, 5.41) is 5.08. The number of aromatic nitrogens is 4. The molecule has 22 heavy (non-hydrogen) atoms. The van der Waals surface area contributed by atoms with Crippen molar-refractivity contribution >= 4 is 17.4 Å². The van der Waals surface area contributed by atoms with Crippen LogP contribution in [0.1, 0.15) is 0 Å². The summed E-state index contributed by atoms with van der Waals surface area (Å²) >= 11 is 1.58. The lowest BCUT2D eigenvalue weighted by atomic mass is 10.1. The molecule has 0 aliphatic rings. The molecule has 0 amide bonds. The topological polar surface area (TPSA) is 43.1 Å². The Kier molecular flexibility index (Phi) is 3.33. The van der Waals surface area contributed by atoms with E-state index in [9.17, 15) is 0 Å². The molecule has 0 spiro atoms. The summed E-state index contributed by atoms with van der Waals surface area (Å²) in [6.45, 7) is 0. The van der Waals surface area contributed by atoms with E-state index >= 15 is 0 Å². The summed E-state index contributed by atoms with van der Waals surface area (Å²) in [4.78, 5) is 10.2. The van der Waals surface area contributed by atoms with E-state index < -0.39 is 0 Å². The van der Waals surface area contributed by atoms with E-state index in [1.807, 2.05) is 54.6 Å². The zero-order valence-electron chi connectivity index (χ0n) is 11.6. The van der Waals surface area contributed by atoms with E-state index in [0.29, 0.717) is 0 Å². The molecule has 0 saturated heterocycles. The average molecular weight is 304 g/mol. The van der Waals surface area contributed by atoms with E-state index in [4.69, 9.17) is 4.98 Å². The standard InChI is InChI=1S/C17H12N4S/c1-3-7-13(8-4-1)15-11-16-18-12-19-21(16)17(20-15)22-14-9-5-2-6-10-14/h1-12H. The molecular formula is C17H12N4S. The first-order chi connectivity index (χ1) is 10.9. The van der Waals surface area contributed by atoms with Gasteiger partial charge >= 0.3 is 0 Å². The predicted octanol–water partition coefficient (Wildman–Crippen LogP) is 3.94. The van der Waals surface area contributed by atoms with Crippen LogP contribution in [0.25, 0.3) is 16.9 Å². The van der Waals surface area contributed by atoms with Crippen molar-refractivity contribution in [1.29, 1.82) is 0 Å². The molecule has 0 atom stereocenters. The molecule has 106 valence electrons. The van der Waals surface area contributed by atoms with Gasteiger partial charge in [0.15, 0.2) is 10.8 Å². The van der Waals surface area contributed by atoms with Gasteiger partial charge in [-0.2, -0.15) is 9.61 Å². The van der Waals surface area contributed by atoms with Crippen LogP contribution in [0.5, 0.6) is 0 Å². The predicted molar refractivity (Wildman–Crippen MR) is 86.8 cm³/mol. The summed E-state index contributed by atoms with van der Waals surface area (Å²) in [7, 11) is 0. The first-order valence-electron chi connectivity index (χ1n) is 6.89. The van der Waals surface area contributed by atoms with Gasteiger partial charge in [0.25, 0.3) is 0 Å². The van der Waals surface area contributed by atoms with Crippen molar-refractivity contribution in [3.8, 4) is 11.3 Å². The second kappa shape index (κ2) is 5.61. The van der Waals surface area contributed by atoms with Gasteiger partial charge in [-0.15, -0.1) is 0 Å². The van der Waals surface area contributed by atoms with Crippen LogP contribution in [0.3, 0.4) is 0 Å². The van der Waals surface area contributed by atoms with Gasteiger partial charge in [0.1, 0.15) is 6.33 Å². The summed E-state index contributed by atoms with van der Waals surface area (Å²) in [6.07, 6.45) is 1.56. The monoisotopic (exact) mass is 304 g/mol. The van der Waals surface area contributed by atoms with Gasteiger partial charge in [-0.3, -0.25) is 0 Å². The minimum atomic E-state index is 0.798. The van der Waals surface area contributed by atoms with E-state index in [1.54, 1.807) is 22.6 Å². The SMILES string of the molecule is c1ccc(Sc2nc(-c3ccccc3)cc3ncnn23)cc1. The molecule has 0 fully saturated rings. The van der Waals surface area contributed by atoms with Crippen molar-refractivity contribution in [3.05, 3.63) is 73.1 Å². The molecule has 2 aromatic carbocycles. The zero-order valence-corrected chi connectivity index (χ0v) is 12.4. The van der Waals surface area contributed by atoms with Crippen LogP contribution in [0.4, 0.5) is 0 Å². The Labute approximate surface area is 131 Å². The van der Waals surface area contributed by atoms with Gasteiger partial charge in [-0.25, -0.2) is 9.97 Å². The van der Waals surface area contributed by atoms with Gasteiger partial charge in [-0.1, -0.05) is 48.5 Å². The van der Waals surface area contributed by atoms with Crippen molar-refractivity contribution in [2.45, 2.75) is 10.1 Å². The molecule has 0 N–H and O–H groups in total. The van der Waals surface area contributed by atoms with Crippen molar-refractivity contribution in [2.24, 2.45) is 0 Å². The molecule has 0 aliphatic carbocycles. The number of fused-ring (bicyclic) bond motifs is 1. The van der Waals surface area contributed by atoms with E-state index in [2.05, 4.69) is 22.2 Å². The first kappa shape index (κ1) is 13.0. The van der Waals surface area contributed by atoms with Crippen LogP contribution in [0.15, 0.2) is 83.1 Å². The summed E-state index contributed by atoms with van der Waals surface area (Å²) in [5.74, 6) is 0. The van der Waals surface area contributed by atoms with Gasteiger partial charge in [-0.05, 0) is 23.9 Å². The van der Waals surface area contributed by atoms with Gasteiger partial charge in [0.2, 0.25) is 0 Å². The van der Waals surface area contributed by atoms with Crippen LogP contribution >= 0.6 is 11.8 Å². The van der Waals surface area contributed by atoms with E-state index in [-0.39, 0.29) is 0 Å². The summed E-state index contributed by atoms with van der Waals surface area (Å²) in [6, 6.07) is 22.2. The zero-order chi connectivity index (χ0) is 14.8. The van der Waals surface area contributed by atoms with Crippen LogP contribution in [-0.4, -0.2) is 19.6 Å². The number of hydrogen-bond donors (Lipinski definition) is 0. The van der Waals surface area contributed by atoms with Crippen LogP contribution < -0.4 is 0 Å².